The van der Waals surface area contributed by atoms with E-state index in [1.165, 1.54) is 87.2 Å². The summed E-state index contributed by atoms with van der Waals surface area (Å²) in [6, 6.07) is 74.2. The number of hydrogen-bond acceptors (Lipinski definition) is 4. The van der Waals surface area contributed by atoms with E-state index in [-0.39, 0.29) is 0 Å². The van der Waals surface area contributed by atoms with E-state index >= 15 is 0 Å². The van der Waals surface area contributed by atoms with Crippen molar-refractivity contribution in [3.63, 3.8) is 0 Å². The molecule has 0 radical (unpaired) electrons. The summed E-state index contributed by atoms with van der Waals surface area (Å²) in [5, 5.41) is 10.4. The monoisotopic (exact) mass is 1070 g/mol. The van der Waals surface area contributed by atoms with Crippen molar-refractivity contribution in [2.45, 2.75) is 102 Å². The molecule has 12 aromatic rings. The van der Waals surface area contributed by atoms with Gasteiger partial charge in [-0.15, -0.1) is 0 Å². The lowest BCUT2D eigenvalue weighted by Gasteiger charge is -2.50. The minimum absolute atomic E-state index is 0.845. The Morgan fingerprint density at radius 1 is 0.237 bits per heavy atom. The zero-order valence-corrected chi connectivity index (χ0v) is 48.4. The summed E-state index contributed by atoms with van der Waals surface area (Å²) in [5.74, 6) is 0. The Bertz CT molecular complexity index is 3350. The molecule has 0 unspecified atom stereocenters. The average molecular weight is 1070 g/mol. The predicted molar refractivity (Wildman–Crippen MR) is 326 cm³/mol. The van der Waals surface area contributed by atoms with E-state index in [1.54, 1.807) is 0 Å². The van der Waals surface area contributed by atoms with Gasteiger partial charge in [-0.3, -0.25) is 0 Å². The van der Waals surface area contributed by atoms with Gasteiger partial charge in [0, 0.05) is 113 Å². The van der Waals surface area contributed by atoms with E-state index in [4.69, 9.17) is 16.5 Å². The Kier molecular flexibility index (Phi) is 12.9. The van der Waals surface area contributed by atoms with E-state index in [2.05, 4.69) is 239 Å². The molecule has 8 nitrogen and oxygen atoms in total. The van der Waals surface area contributed by atoms with Crippen molar-refractivity contribution >= 4 is 121 Å². The third-order valence-electron chi connectivity index (χ3n) is 16.5. The normalized spacial score (nSPS) is 21.5. The molecule has 1 aliphatic rings. The fraction of sp³-hybridized carbons (Fsp3) is 0.250. The molecule has 384 valence electrons. The molecule has 1 aliphatic heterocycles. The number of nitrogens with zero attached hydrogens (tertiary/aromatic N) is 4. The molecular formula is C64H68N4O4Si4. The van der Waals surface area contributed by atoms with Crippen LogP contribution in [-0.4, -0.2) is 52.5 Å². The number of fused-ring (bicyclic) bond motifs is 12. The molecule has 12 heteroatoms. The van der Waals surface area contributed by atoms with Crippen LogP contribution in [0.5, 0.6) is 0 Å². The lowest BCUT2D eigenvalue weighted by molar-refractivity contribution is 0.219. The maximum Gasteiger partial charge on any atom is 0.317 e. The summed E-state index contributed by atoms with van der Waals surface area (Å²) in [5.41, 5.74) is 10.2. The van der Waals surface area contributed by atoms with Gasteiger partial charge < -0.3 is 34.7 Å². The summed E-state index contributed by atoms with van der Waals surface area (Å²) in [7, 11) is -12.0. The number of hydrogen-bond donors (Lipinski definition) is 0. The first-order chi connectivity index (χ1) is 37.1. The second kappa shape index (κ2) is 19.9. The first-order valence-corrected chi connectivity index (χ1v) is 37.8. The molecule has 0 amide bonds. The molecule has 8 aromatic carbocycles. The lowest BCUT2D eigenvalue weighted by atomic mass is 10.2. The molecule has 5 heterocycles. The minimum atomic E-state index is -3.00. The molecule has 0 N–H and O–H groups in total. The van der Waals surface area contributed by atoms with Crippen molar-refractivity contribution in [3.05, 3.63) is 194 Å². The van der Waals surface area contributed by atoms with Gasteiger partial charge >= 0.3 is 34.2 Å². The van der Waals surface area contributed by atoms with Crippen molar-refractivity contribution in [2.75, 3.05) is 0 Å². The van der Waals surface area contributed by atoms with E-state index in [1.807, 2.05) is 0 Å². The highest BCUT2D eigenvalue weighted by atomic mass is 28.5. The van der Waals surface area contributed by atoms with Crippen LogP contribution in [0.3, 0.4) is 0 Å². The highest BCUT2D eigenvalue weighted by molar-refractivity contribution is 6.94. The van der Waals surface area contributed by atoms with Crippen molar-refractivity contribution < 1.29 is 16.5 Å². The summed E-state index contributed by atoms with van der Waals surface area (Å²) < 4.78 is 42.0. The average Bonchev–Trinajstić information content (AvgIpc) is 4.20. The summed E-state index contributed by atoms with van der Waals surface area (Å²) in [6.07, 6.45) is 3.71. The van der Waals surface area contributed by atoms with Crippen LogP contribution in [0, 0.1) is 0 Å². The molecule has 1 fully saturated rings. The number of rotatable bonds is 16. The molecule has 4 aromatic heterocycles. The molecule has 0 aliphatic carbocycles. The van der Waals surface area contributed by atoms with Gasteiger partial charge in [-0.25, -0.2) is 0 Å². The Morgan fingerprint density at radius 3 is 0.539 bits per heavy atom. The zero-order valence-electron chi connectivity index (χ0n) is 44.4. The van der Waals surface area contributed by atoms with Crippen molar-refractivity contribution in [1.82, 2.24) is 18.3 Å². The first-order valence-electron chi connectivity index (χ1n) is 27.7. The molecule has 13 rings (SSSR count). The van der Waals surface area contributed by atoms with Crippen LogP contribution in [0.25, 0.3) is 87.2 Å². The van der Waals surface area contributed by atoms with Crippen LogP contribution in [-0.2, 0) is 42.6 Å². The standard InChI is InChI=1S/C64H68N4O4Si4/c1-73(45-21-41-65-57-33-13-5-25-49(57)50-26-6-14-34-58(50)65)69-74(2,46-22-42-66-59-35-15-7-27-51(59)52-28-8-16-36-60(52)66)71-76(4,48-24-44-68-63-39-19-11-31-55(63)56-32-12-20-40-64(56)68)72-75(3,70-73)47-23-43-67-61-37-17-9-29-53(61)54-30-10-18-38-62(54)67/h5-20,25-40H,21-24,41-48H2,1-4H3. The van der Waals surface area contributed by atoms with Gasteiger partial charge in [-0.05, 0) is 125 Å². The lowest BCUT2D eigenvalue weighted by Crippen LogP contribution is -2.67. The van der Waals surface area contributed by atoms with Crippen molar-refractivity contribution in [3.8, 4) is 0 Å². The Balaban J connectivity index is 0.844. The van der Waals surface area contributed by atoms with E-state index in [0.29, 0.717) is 0 Å². The van der Waals surface area contributed by atoms with Crippen LogP contribution < -0.4 is 0 Å². The molecule has 0 spiro atoms. The molecule has 1 saturated heterocycles. The largest absolute Gasteiger partial charge is 0.416 e. The van der Waals surface area contributed by atoms with Crippen LogP contribution in [0.15, 0.2) is 194 Å². The van der Waals surface area contributed by atoms with Crippen molar-refractivity contribution in [1.29, 1.82) is 0 Å². The smallest absolute Gasteiger partial charge is 0.317 e. The molecule has 0 saturated carbocycles. The molecule has 0 atom stereocenters. The fourth-order valence-corrected chi connectivity index (χ4v) is 36.8. The maximum absolute atomic E-state index is 7.98. The third kappa shape index (κ3) is 9.11. The predicted octanol–water partition coefficient (Wildman–Crippen LogP) is 17.1. The van der Waals surface area contributed by atoms with Crippen LogP contribution >= 0.6 is 0 Å². The zero-order chi connectivity index (χ0) is 51.5. The van der Waals surface area contributed by atoms with E-state index < -0.39 is 34.2 Å². The Hall–Kier alpha value is -6.33. The number of aromatic nitrogens is 4. The first kappa shape index (κ1) is 49.3. The highest BCUT2D eigenvalue weighted by Gasteiger charge is 2.56. The molecular weight excluding hydrogens is 1000 g/mol. The van der Waals surface area contributed by atoms with Gasteiger partial charge in [0.2, 0.25) is 0 Å². The number of para-hydroxylation sites is 8. The highest BCUT2D eigenvalue weighted by Crippen LogP contribution is 2.41. The number of benzene rings is 8. The Morgan fingerprint density at radius 2 is 0.382 bits per heavy atom. The van der Waals surface area contributed by atoms with E-state index in [9.17, 15) is 0 Å². The fourth-order valence-electron chi connectivity index (χ4n) is 13.5. The van der Waals surface area contributed by atoms with Gasteiger partial charge in [0.25, 0.3) is 0 Å². The summed E-state index contributed by atoms with van der Waals surface area (Å²) in [6.45, 7) is 12.9. The van der Waals surface area contributed by atoms with Gasteiger partial charge in [0.05, 0.1) is 0 Å². The van der Waals surface area contributed by atoms with Crippen LogP contribution in [0.2, 0.25) is 50.4 Å². The summed E-state index contributed by atoms with van der Waals surface area (Å²) in [4.78, 5) is 0. The summed E-state index contributed by atoms with van der Waals surface area (Å²) >= 11 is 0. The Labute approximate surface area is 450 Å². The van der Waals surface area contributed by atoms with Gasteiger partial charge in [0.15, 0.2) is 0 Å². The van der Waals surface area contributed by atoms with Gasteiger partial charge in [-0.2, -0.15) is 0 Å². The van der Waals surface area contributed by atoms with Crippen LogP contribution in [0.4, 0.5) is 0 Å². The molecule has 76 heavy (non-hydrogen) atoms. The quantitative estimate of drug-likeness (QED) is 0.0905. The SMILES string of the molecule is C[Si]1(CCCn2c3ccccc3c3ccccc32)O[Si](C)(CCCn2c3ccccc3c3ccccc32)O[Si](C)(CCCn2c3ccccc3c3ccccc32)O[Si](C)(CCCn2c3ccccc3c3ccccc32)O1. The number of aryl methyl sites for hydroxylation is 4. The maximum atomic E-state index is 7.98. The molecule has 0 bridgehead atoms. The van der Waals surface area contributed by atoms with Crippen molar-refractivity contribution in [2.24, 2.45) is 0 Å². The van der Waals surface area contributed by atoms with Crippen LogP contribution in [0.1, 0.15) is 25.7 Å². The topological polar surface area (TPSA) is 56.6 Å². The second-order valence-electron chi connectivity index (χ2n) is 22.1. The van der Waals surface area contributed by atoms with Gasteiger partial charge in [0.1, 0.15) is 0 Å². The minimum Gasteiger partial charge on any atom is -0.416 e. The second-order valence-corrected chi connectivity index (χ2v) is 36.4. The van der Waals surface area contributed by atoms with Gasteiger partial charge in [-0.1, -0.05) is 146 Å². The van der Waals surface area contributed by atoms with E-state index in [0.717, 1.165) is 76.0 Å². The third-order valence-corrected chi connectivity index (χ3v) is 35.4.